The van der Waals surface area contributed by atoms with Crippen molar-refractivity contribution >= 4 is 23.9 Å². The topological polar surface area (TPSA) is 43.4 Å². The zero-order valence-corrected chi connectivity index (χ0v) is 9.30. The highest BCUT2D eigenvalue weighted by atomic mass is 35.5. The molecule has 0 fully saturated rings. The Morgan fingerprint density at radius 3 is 2.67 bits per heavy atom. The van der Waals surface area contributed by atoms with Gasteiger partial charge in [0.05, 0.1) is 17.2 Å². The second-order valence-electron chi connectivity index (χ2n) is 3.03. The first-order valence-electron chi connectivity index (χ1n) is 4.52. The highest BCUT2D eigenvalue weighted by molar-refractivity contribution is 6.34. The Balaban J connectivity index is 3.19. The van der Waals surface area contributed by atoms with Gasteiger partial charge in [-0.05, 0) is 31.5 Å². The van der Waals surface area contributed by atoms with Crippen molar-refractivity contribution in [1.29, 1.82) is 0 Å². The molecule has 0 bridgehead atoms. The largest absolute Gasteiger partial charge is 0.462 e. The number of carbonyl (C=O) groups excluding carboxylic acids is 2. The molecular weight excluding hydrogens is 216 g/mol. The van der Waals surface area contributed by atoms with Crippen molar-refractivity contribution in [3.8, 4) is 0 Å². The van der Waals surface area contributed by atoms with Crippen LogP contribution in [0.2, 0.25) is 5.02 Å². The molecule has 3 nitrogen and oxygen atoms in total. The van der Waals surface area contributed by atoms with E-state index in [2.05, 4.69) is 0 Å². The van der Waals surface area contributed by atoms with Crippen LogP contribution in [0.15, 0.2) is 12.1 Å². The van der Waals surface area contributed by atoms with E-state index in [0.717, 1.165) is 0 Å². The highest BCUT2D eigenvalue weighted by Crippen LogP contribution is 2.22. The quantitative estimate of drug-likeness (QED) is 0.588. The average molecular weight is 227 g/mol. The molecule has 0 amide bonds. The Kier molecular flexibility index (Phi) is 3.86. The molecule has 1 aromatic rings. The maximum atomic E-state index is 11.5. The van der Waals surface area contributed by atoms with Gasteiger partial charge < -0.3 is 4.74 Å². The fraction of sp³-hybridized carbons (Fsp3) is 0.273. The third-order valence-electron chi connectivity index (χ3n) is 1.93. The van der Waals surface area contributed by atoms with E-state index in [-0.39, 0.29) is 5.02 Å². The number of hydrogen-bond acceptors (Lipinski definition) is 3. The Labute approximate surface area is 93.0 Å². The molecule has 0 aromatic heterocycles. The zero-order chi connectivity index (χ0) is 11.4. The summed E-state index contributed by atoms with van der Waals surface area (Å²) in [5.74, 6) is -0.461. The molecule has 4 heteroatoms. The van der Waals surface area contributed by atoms with Crippen LogP contribution in [-0.4, -0.2) is 18.9 Å². The van der Waals surface area contributed by atoms with Crippen LogP contribution < -0.4 is 0 Å². The summed E-state index contributed by atoms with van der Waals surface area (Å²) in [7, 11) is 0. The average Bonchev–Trinajstić information content (AvgIpc) is 2.16. The Bertz CT molecular complexity index is 376. The van der Waals surface area contributed by atoms with E-state index in [9.17, 15) is 9.59 Å². The summed E-state index contributed by atoms with van der Waals surface area (Å²) in [4.78, 5) is 22.0. The van der Waals surface area contributed by atoms with Crippen molar-refractivity contribution in [3.63, 3.8) is 0 Å². The zero-order valence-electron chi connectivity index (χ0n) is 8.54. The summed E-state index contributed by atoms with van der Waals surface area (Å²) in [6, 6.07) is 3.05. The Morgan fingerprint density at radius 1 is 1.53 bits per heavy atom. The lowest BCUT2D eigenvalue weighted by atomic mass is 10.1. The van der Waals surface area contributed by atoms with E-state index >= 15 is 0 Å². The third-order valence-corrected chi connectivity index (χ3v) is 2.22. The van der Waals surface area contributed by atoms with E-state index < -0.39 is 5.97 Å². The smallest absolute Gasteiger partial charge is 0.339 e. The molecular formula is C11H11ClO3. The van der Waals surface area contributed by atoms with Crippen molar-refractivity contribution in [3.05, 3.63) is 33.8 Å². The second-order valence-corrected chi connectivity index (χ2v) is 3.44. The predicted octanol–water partition coefficient (Wildman–Crippen LogP) is 2.64. The molecule has 80 valence electrons. The highest BCUT2D eigenvalue weighted by Gasteiger charge is 2.15. The van der Waals surface area contributed by atoms with Crippen LogP contribution in [0.4, 0.5) is 0 Å². The lowest BCUT2D eigenvalue weighted by molar-refractivity contribution is 0.0525. The summed E-state index contributed by atoms with van der Waals surface area (Å²) in [6.07, 6.45) is 0.688. The number of ether oxygens (including phenoxy) is 1. The van der Waals surface area contributed by atoms with Gasteiger partial charge in [0.2, 0.25) is 0 Å². The molecule has 0 unspecified atom stereocenters. The minimum Gasteiger partial charge on any atom is -0.462 e. The number of halogens is 1. The molecule has 0 spiro atoms. The van der Waals surface area contributed by atoms with Crippen LogP contribution in [0, 0.1) is 6.92 Å². The molecule has 1 rings (SSSR count). The summed E-state index contributed by atoms with van der Waals surface area (Å²) in [5, 5.41) is 0.246. The van der Waals surface area contributed by atoms with Crippen LogP contribution in [0.5, 0.6) is 0 Å². The predicted molar refractivity (Wildman–Crippen MR) is 57.5 cm³/mol. The summed E-state index contributed by atoms with van der Waals surface area (Å²) < 4.78 is 4.85. The minimum atomic E-state index is -0.461. The standard InChI is InChI=1S/C11H11ClO3/c1-3-15-11(14)10-7(2)4-8(6-13)5-9(10)12/h4-6H,3H2,1-2H3. The van der Waals surface area contributed by atoms with Crippen molar-refractivity contribution in [1.82, 2.24) is 0 Å². The SMILES string of the molecule is CCOC(=O)c1c(C)cc(C=O)cc1Cl. The molecule has 0 saturated heterocycles. The molecule has 0 aliphatic heterocycles. The molecule has 0 atom stereocenters. The van der Waals surface area contributed by atoms with Gasteiger partial charge in [0, 0.05) is 5.56 Å². The van der Waals surface area contributed by atoms with Gasteiger partial charge in [0.25, 0.3) is 0 Å². The Morgan fingerprint density at radius 2 is 2.20 bits per heavy atom. The molecule has 0 aliphatic rings. The summed E-state index contributed by atoms with van der Waals surface area (Å²) >= 11 is 5.88. The van der Waals surface area contributed by atoms with Crippen LogP contribution in [0.25, 0.3) is 0 Å². The van der Waals surface area contributed by atoms with Crippen molar-refractivity contribution in [2.24, 2.45) is 0 Å². The molecule has 0 radical (unpaired) electrons. The number of rotatable bonds is 3. The van der Waals surface area contributed by atoms with E-state index in [0.29, 0.717) is 29.6 Å². The lowest BCUT2D eigenvalue weighted by Gasteiger charge is -2.07. The number of carbonyl (C=O) groups is 2. The van der Waals surface area contributed by atoms with Gasteiger partial charge >= 0.3 is 5.97 Å². The third kappa shape index (κ3) is 2.57. The fourth-order valence-corrected chi connectivity index (χ4v) is 1.65. The lowest BCUT2D eigenvalue weighted by Crippen LogP contribution is -2.08. The molecule has 15 heavy (non-hydrogen) atoms. The fourth-order valence-electron chi connectivity index (χ4n) is 1.30. The molecule has 1 aromatic carbocycles. The van der Waals surface area contributed by atoms with E-state index in [1.54, 1.807) is 19.9 Å². The first-order valence-corrected chi connectivity index (χ1v) is 4.90. The van der Waals surface area contributed by atoms with E-state index in [1.807, 2.05) is 0 Å². The second kappa shape index (κ2) is 4.94. The molecule has 0 N–H and O–H groups in total. The maximum absolute atomic E-state index is 11.5. The number of aryl methyl sites for hydroxylation is 1. The molecule has 0 aliphatic carbocycles. The van der Waals surface area contributed by atoms with Gasteiger partial charge in [-0.3, -0.25) is 4.79 Å². The van der Waals surface area contributed by atoms with E-state index in [4.69, 9.17) is 16.3 Å². The van der Waals surface area contributed by atoms with Crippen molar-refractivity contribution in [2.45, 2.75) is 13.8 Å². The normalized spacial score (nSPS) is 9.80. The van der Waals surface area contributed by atoms with E-state index in [1.165, 1.54) is 6.07 Å². The summed E-state index contributed by atoms with van der Waals surface area (Å²) in [6.45, 7) is 3.73. The maximum Gasteiger partial charge on any atom is 0.339 e. The van der Waals surface area contributed by atoms with Crippen molar-refractivity contribution in [2.75, 3.05) is 6.61 Å². The van der Waals surface area contributed by atoms with Crippen LogP contribution >= 0.6 is 11.6 Å². The summed E-state index contributed by atoms with van der Waals surface area (Å²) in [5.41, 5.74) is 1.41. The Hall–Kier alpha value is -1.35. The van der Waals surface area contributed by atoms with Crippen LogP contribution in [-0.2, 0) is 4.74 Å². The van der Waals surface area contributed by atoms with Gasteiger partial charge in [-0.25, -0.2) is 4.79 Å². The number of benzene rings is 1. The van der Waals surface area contributed by atoms with Gasteiger partial charge in [-0.2, -0.15) is 0 Å². The van der Waals surface area contributed by atoms with Crippen molar-refractivity contribution < 1.29 is 14.3 Å². The number of esters is 1. The first-order chi connectivity index (χ1) is 7.10. The number of hydrogen-bond donors (Lipinski definition) is 0. The van der Waals surface area contributed by atoms with Crippen LogP contribution in [0.1, 0.15) is 33.2 Å². The first kappa shape index (κ1) is 11.7. The van der Waals surface area contributed by atoms with Gasteiger partial charge in [-0.15, -0.1) is 0 Å². The number of aldehydes is 1. The molecule has 0 heterocycles. The minimum absolute atomic E-state index is 0.246. The van der Waals surface area contributed by atoms with Gasteiger partial charge in [0.1, 0.15) is 6.29 Å². The van der Waals surface area contributed by atoms with Gasteiger partial charge in [0.15, 0.2) is 0 Å². The molecule has 0 saturated carbocycles. The van der Waals surface area contributed by atoms with Gasteiger partial charge in [-0.1, -0.05) is 11.6 Å². The monoisotopic (exact) mass is 226 g/mol. The van der Waals surface area contributed by atoms with Crippen LogP contribution in [0.3, 0.4) is 0 Å².